The van der Waals surface area contributed by atoms with Gasteiger partial charge in [-0.25, -0.2) is 4.79 Å². The predicted octanol–water partition coefficient (Wildman–Crippen LogP) is 4.92. The molecule has 0 fully saturated rings. The summed E-state index contributed by atoms with van der Waals surface area (Å²) in [5.74, 6) is -2.04. The van der Waals surface area contributed by atoms with Crippen molar-refractivity contribution in [3.05, 3.63) is 77.6 Å². The molecule has 5 nitrogen and oxygen atoms in total. The van der Waals surface area contributed by atoms with Crippen molar-refractivity contribution in [1.29, 1.82) is 0 Å². The first-order valence-electron chi connectivity index (χ1n) is 7.67. The van der Waals surface area contributed by atoms with Gasteiger partial charge < -0.3 is 14.8 Å². The maximum atomic E-state index is 13.1. The fourth-order valence-electron chi connectivity index (χ4n) is 2.44. The third kappa shape index (κ3) is 4.00. The predicted molar refractivity (Wildman–Crippen MR) is 90.5 cm³/mol. The minimum atomic E-state index is -4.56. The number of hydrogen-bond donors (Lipinski definition) is 2. The Morgan fingerprint density at radius 2 is 1.59 bits per heavy atom. The number of carboxylic acids is 1. The molecule has 0 aliphatic heterocycles. The number of hydrogen-bond acceptors (Lipinski definition) is 3. The number of rotatable bonds is 4. The molecular formula is C19H12F3NO4. The Bertz CT molecular complexity index is 991. The van der Waals surface area contributed by atoms with Crippen molar-refractivity contribution in [3.8, 4) is 11.3 Å². The zero-order valence-electron chi connectivity index (χ0n) is 13.6. The lowest BCUT2D eigenvalue weighted by Gasteiger charge is -2.10. The van der Waals surface area contributed by atoms with Crippen LogP contribution in [0.5, 0.6) is 0 Å². The number of amides is 1. The molecule has 0 saturated carbocycles. The summed E-state index contributed by atoms with van der Waals surface area (Å²) in [7, 11) is 0. The average molecular weight is 375 g/mol. The molecule has 27 heavy (non-hydrogen) atoms. The van der Waals surface area contributed by atoms with Gasteiger partial charge in [-0.3, -0.25) is 4.79 Å². The van der Waals surface area contributed by atoms with E-state index in [0.717, 1.165) is 6.07 Å². The lowest BCUT2D eigenvalue weighted by molar-refractivity contribution is -0.137. The molecule has 2 aromatic carbocycles. The number of carboxylic acid groups (broad SMARTS) is 1. The van der Waals surface area contributed by atoms with Gasteiger partial charge in [0.15, 0.2) is 5.76 Å². The van der Waals surface area contributed by atoms with Crippen LogP contribution < -0.4 is 5.32 Å². The van der Waals surface area contributed by atoms with Gasteiger partial charge in [-0.1, -0.05) is 18.2 Å². The lowest BCUT2D eigenvalue weighted by Crippen LogP contribution is -2.11. The van der Waals surface area contributed by atoms with Crippen molar-refractivity contribution in [1.82, 2.24) is 0 Å². The number of anilines is 1. The first-order valence-corrected chi connectivity index (χ1v) is 7.67. The van der Waals surface area contributed by atoms with Gasteiger partial charge in [0.25, 0.3) is 5.91 Å². The molecule has 1 heterocycles. The van der Waals surface area contributed by atoms with Crippen LogP contribution in [0, 0.1) is 0 Å². The second-order valence-electron chi connectivity index (χ2n) is 5.54. The van der Waals surface area contributed by atoms with Crippen LogP contribution in [0.1, 0.15) is 26.5 Å². The molecule has 0 spiro atoms. The number of benzene rings is 2. The SMILES string of the molecule is O=C(O)c1ccc(NC(=O)c2ccc(-c3ccccc3C(F)(F)F)o2)cc1. The van der Waals surface area contributed by atoms with E-state index in [1.54, 1.807) is 0 Å². The Hall–Kier alpha value is -3.55. The molecule has 0 aliphatic rings. The van der Waals surface area contributed by atoms with Crippen LogP contribution in [-0.4, -0.2) is 17.0 Å². The summed E-state index contributed by atoms with van der Waals surface area (Å²) >= 11 is 0. The van der Waals surface area contributed by atoms with E-state index in [1.165, 1.54) is 54.6 Å². The van der Waals surface area contributed by atoms with Crippen LogP contribution >= 0.6 is 0 Å². The molecule has 138 valence electrons. The van der Waals surface area contributed by atoms with Gasteiger partial charge in [0.2, 0.25) is 0 Å². The second-order valence-corrected chi connectivity index (χ2v) is 5.54. The normalized spacial score (nSPS) is 11.2. The first kappa shape index (κ1) is 18.2. The molecule has 1 amide bonds. The Morgan fingerprint density at radius 3 is 2.22 bits per heavy atom. The Morgan fingerprint density at radius 1 is 0.926 bits per heavy atom. The lowest BCUT2D eigenvalue weighted by atomic mass is 10.1. The number of carbonyl (C=O) groups is 2. The first-order chi connectivity index (χ1) is 12.8. The van der Waals surface area contributed by atoms with Crippen LogP contribution in [0.3, 0.4) is 0 Å². The third-order valence-corrected chi connectivity index (χ3v) is 3.72. The minimum absolute atomic E-state index is 0.0528. The van der Waals surface area contributed by atoms with Gasteiger partial charge in [0.1, 0.15) is 5.76 Å². The van der Waals surface area contributed by atoms with E-state index in [9.17, 15) is 22.8 Å². The van der Waals surface area contributed by atoms with Crippen molar-refractivity contribution >= 4 is 17.6 Å². The summed E-state index contributed by atoms with van der Waals surface area (Å²) < 4.78 is 44.6. The molecule has 2 N–H and O–H groups in total. The number of halogens is 3. The van der Waals surface area contributed by atoms with Crippen molar-refractivity contribution in [2.75, 3.05) is 5.32 Å². The van der Waals surface area contributed by atoms with Gasteiger partial charge in [-0.15, -0.1) is 0 Å². The van der Waals surface area contributed by atoms with Gasteiger partial charge in [0, 0.05) is 11.3 Å². The molecular weight excluding hydrogens is 363 g/mol. The van der Waals surface area contributed by atoms with E-state index in [0.29, 0.717) is 5.69 Å². The van der Waals surface area contributed by atoms with Crippen molar-refractivity contribution in [3.63, 3.8) is 0 Å². The van der Waals surface area contributed by atoms with Crippen LogP contribution in [0.4, 0.5) is 18.9 Å². The topological polar surface area (TPSA) is 79.5 Å². The molecule has 0 bridgehead atoms. The van der Waals surface area contributed by atoms with E-state index in [1.807, 2.05) is 0 Å². The molecule has 0 saturated heterocycles. The molecule has 0 atom stereocenters. The Balaban J connectivity index is 1.82. The van der Waals surface area contributed by atoms with Crippen LogP contribution in [0.15, 0.2) is 65.1 Å². The monoisotopic (exact) mass is 375 g/mol. The van der Waals surface area contributed by atoms with Crippen LogP contribution in [-0.2, 0) is 6.18 Å². The van der Waals surface area contributed by atoms with E-state index in [4.69, 9.17) is 9.52 Å². The summed E-state index contributed by atoms with van der Waals surface area (Å²) in [5, 5.41) is 11.3. The van der Waals surface area contributed by atoms with Gasteiger partial charge in [-0.2, -0.15) is 13.2 Å². The fraction of sp³-hybridized carbons (Fsp3) is 0.0526. The van der Waals surface area contributed by atoms with Crippen LogP contribution in [0.2, 0.25) is 0 Å². The smallest absolute Gasteiger partial charge is 0.417 e. The summed E-state index contributed by atoms with van der Waals surface area (Å²) in [4.78, 5) is 23.0. The summed E-state index contributed by atoms with van der Waals surface area (Å²) in [5.41, 5.74) is -0.666. The largest absolute Gasteiger partial charge is 0.478 e. The zero-order valence-corrected chi connectivity index (χ0v) is 13.6. The number of carbonyl (C=O) groups excluding carboxylic acids is 1. The maximum Gasteiger partial charge on any atom is 0.417 e. The summed E-state index contributed by atoms with van der Waals surface area (Å²) in [6.45, 7) is 0. The Kier molecular flexibility index (Phi) is 4.72. The molecule has 3 aromatic rings. The highest BCUT2D eigenvalue weighted by Gasteiger charge is 2.34. The van der Waals surface area contributed by atoms with Crippen molar-refractivity contribution in [2.24, 2.45) is 0 Å². The van der Waals surface area contributed by atoms with E-state index in [-0.39, 0.29) is 22.6 Å². The zero-order chi connectivity index (χ0) is 19.6. The highest BCUT2D eigenvalue weighted by atomic mass is 19.4. The number of aromatic carboxylic acids is 1. The van der Waals surface area contributed by atoms with E-state index in [2.05, 4.69) is 5.32 Å². The van der Waals surface area contributed by atoms with Crippen molar-refractivity contribution < 1.29 is 32.3 Å². The molecule has 3 rings (SSSR count). The molecule has 8 heteroatoms. The minimum Gasteiger partial charge on any atom is -0.478 e. The fourth-order valence-corrected chi connectivity index (χ4v) is 2.44. The van der Waals surface area contributed by atoms with Crippen LogP contribution in [0.25, 0.3) is 11.3 Å². The second kappa shape index (κ2) is 6.99. The summed E-state index contributed by atoms with van der Waals surface area (Å²) in [6.07, 6.45) is -4.56. The molecule has 0 aliphatic carbocycles. The third-order valence-electron chi connectivity index (χ3n) is 3.72. The van der Waals surface area contributed by atoms with E-state index >= 15 is 0 Å². The maximum absolute atomic E-state index is 13.1. The average Bonchev–Trinajstić information content (AvgIpc) is 3.11. The van der Waals surface area contributed by atoms with Gasteiger partial charge >= 0.3 is 12.1 Å². The number of furan rings is 1. The molecule has 1 aromatic heterocycles. The highest BCUT2D eigenvalue weighted by Crippen LogP contribution is 2.37. The Labute approximate surface area is 151 Å². The quantitative estimate of drug-likeness (QED) is 0.679. The standard InChI is InChI=1S/C19H12F3NO4/c20-19(21,22)14-4-2-1-3-13(14)15-9-10-16(27-15)17(24)23-12-7-5-11(6-8-12)18(25)26/h1-10H,(H,23,24)(H,25,26). The van der Waals surface area contributed by atoms with Gasteiger partial charge in [0.05, 0.1) is 11.1 Å². The van der Waals surface area contributed by atoms with Gasteiger partial charge in [-0.05, 0) is 42.5 Å². The number of nitrogens with one attached hydrogen (secondary N) is 1. The van der Waals surface area contributed by atoms with E-state index < -0.39 is 23.6 Å². The molecule has 0 unspecified atom stereocenters. The number of alkyl halides is 3. The van der Waals surface area contributed by atoms with Crippen molar-refractivity contribution in [2.45, 2.75) is 6.18 Å². The highest BCUT2D eigenvalue weighted by molar-refractivity contribution is 6.02. The summed E-state index contributed by atoms with van der Waals surface area (Å²) in [6, 6.07) is 12.9. The molecule has 0 radical (unpaired) electrons.